The van der Waals surface area contributed by atoms with E-state index >= 15 is 0 Å². The highest BCUT2D eigenvalue weighted by Crippen LogP contribution is 2.34. The molecule has 2 aromatic heterocycles. The fourth-order valence-electron chi connectivity index (χ4n) is 3.49. The zero-order valence-electron chi connectivity index (χ0n) is 14.0. The number of nitrogens with one attached hydrogen (secondary N) is 1. The second-order valence-corrected chi connectivity index (χ2v) is 6.37. The molecule has 2 atom stereocenters. The van der Waals surface area contributed by atoms with E-state index in [0.29, 0.717) is 0 Å². The fraction of sp³-hybridized carbons (Fsp3) is 0.353. The van der Waals surface area contributed by atoms with Gasteiger partial charge in [0.1, 0.15) is 12.1 Å². The molecule has 4 rings (SSSR count). The van der Waals surface area contributed by atoms with Gasteiger partial charge in [-0.1, -0.05) is 30.3 Å². The monoisotopic (exact) mass is 362 g/mol. The molecule has 1 saturated heterocycles. The van der Waals surface area contributed by atoms with Crippen LogP contribution in [0.4, 0.5) is 19.0 Å². The number of fused-ring (bicyclic) bond motifs is 1. The Morgan fingerprint density at radius 3 is 2.69 bits per heavy atom. The first-order valence-corrected chi connectivity index (χ1v) is 8.23. The molecule has 6 nitrogen and oxygen atoms in total. The lowest BCUT2D eigenvalue weighted by molar-refractivity contribution is -0.141. The minimum Gasteiger partial charge on any atom is -0.365 e. The van der Waals surface area contributed by atoms with E-state index in [1.807, 2.05) is 37.4 Å². The molecule has 1 N–H and O–H groups in total. The van der Waals surface area contributed by atoms with Crippen LogP contribution in [0.5, 0.6) is 0 Å². The minimum absolute atomic E-state index is 0.0530. The Labute approximate surface area is 147 Å². The number of likely N-dealkylation sites (tertiary alicyclic amines) is 1. The summed E-state index contributed by atoms with van der Waals surface area (Å²) < 4.78 is 40.8. The molecule has 0 bridgehead atoms. The molecule has 136 valence electrons. The summed E-state index contributed by atoms with van der Waals surface area (Å²) in [6.45, 7) is 0.842. The lowest BCUT2D eigenvalue weighted by atomic mass is 10.0. The van der Waals surface area contributed by atoms with Crippen molar-refractivity contribution in [2.45, 2.75) is 24.7 Å². The maximum absolute atomic E-state index is 13.2. The molecule has 3 heterocycles. The standard InChI is InChI=1S/C17H17F3N6/c1-25-8-7-12(15(25)11-5-3-2-4-6-11)23-14-9-13(17(18,19)20)24-16-21-10-22-26(14)16/h2-6,9-10,12,15,23H,7-8H2,1H3. The van der Waals surface area contributed by atoms with Crippen LogP contribution in [0.3, 0.4) is 0 Å². The van der Waals surface area contributed by atoms with Crippen LogP contribution in [0.25, 0.3) is 5.78 Å². The molecule has 26 heavy (non-hydrogen) atoms. The summed E-state index contributed by atoms with van der Waals surface area (Å²) in [5.74, 6) is 0.158. The third-order valence-corrected chi connectivity index (χ3v) is 4.67. The van der Waals surface area contributed by atoms with Crippen LogP contribution < -0.4 is 5.32 Å². The van der Waals surface area contributed by atoms with Crippen molar-refractivity contribution in [2.24, 2.45) is 0 Å². The van der Waals surface area contributed by atoms with Crippen molar-refractivity contribution in [3.8, 4) is 0 Å². The van der Waals surface area contributed by atoms with E-state index in [0.717, 1.165) is 24.6 Å². The second kappa shape index (κ2) is 6.24. The Kier molecular flexibility index (Phi) is 4.03. The molecule has 0 aliphatic carbocycles. The number of halogens is 3. The van der Waals surface area contributed by atoms with Gasteiger partial charge in [-0.25, -0.2) is 4.98 Å². The van der Waals surface area contributed by atoms with Crippen LogP contribution >= 0.6 is 0 Å². The highest BCUT2D eigenvalue weighted by Gasteiger charge is 2.36. The van der Waals surface area contributed by atoms with Gasteiger partial charge in [0.05, 0.1) is 6.04 Å². The lowest BCUT2D eigenvalue weighted by Crippen LogP contribution is -2.30. The molecule has 0 spiro atoms. The maximum atomic E-state index is 13.2. The van der Waals surface area contributed by atoms with E-state index in [1.54, 1.807) is 0 Å². The molecule has 3 aromatic rings. The SMILES string of the molecule is CN1CCC(Nc2cc(C(F)(F)F)nc3ncnn23)C1c1ccccc1. The van der Waals surface area contributed by atoms with E-state index in [4.69, 9.17) is 0 Å². The summed E-state index contributed by atoms with van der Waals surface area (Å²) in [6, 6.07) is 10.9. The van der Waals surface area contributed by atoms with Crippen molar-refractivity contribution in [2.75, 3.05) is 18.9 Å². The van der Waals surface area contributed by atoms with Gasteiger partial charge in [-0.15, -0.1) is 0 Å². The van der Waals surface area contributed by atoms with Gasteiger partial charge in [0.2, 0.25) is 0 Å². The van der Waals surface area contributed by atoms with Gasteiger partial charge in [0.25, 0.3) is 5.78 Å². The average molecular weight is 362 g/mol. The van der Waals surface area contributed by atoms with Crippen LogP contribution in [0.2, 0.25) is 0 Å². The molecule has 0 saturated carbocycles. The highest BCUT2D eigenvalue weighted by atomic mass is 19.4. The Balaban J connectivity index is 1.71. The van der Waals surface area contributed by atoms with Gasteiger partial charge in [-0.05, 0) is 19.0 Å². The van der Waals surface area contributed by atoms with Crippen molar-refractivity contribution in [3.05, 3.63) is 54.0 Å². The van der Waals surface area contributed by atoms with Crippen molar-refractivity contribution >= 4 is 11.6 Å². The number of hydrogen-bond acceptors (Lipinski definition) is 5. The number of hydrogen-bond donors (Lipinski definition) is 1. The van der Waals surface area contributed by atoms with Crippen molar-refractivity contribution in [3.63, 3.8) is 0 Å². The Morgan fingerprint density at radius 1 is 1.19 bits per heavy atom. The summed E-state index contributed by atoms with van der Waals surface area (Å²) in [7, 11) is 2.01. The number of nitrogens with zero attached hydrogens (tertiary/aromatic N) is 5. The van der Waals surface area contributed by atoms with Crippen LogP contribution in [-0.2, 0) is 6.18 Å². The quantitative estimate of drug-likeness (QED) is 0.776. The van der Waals surface area contributed by atoms with Gasteiger partial charge in [0, 0.05) is 18.7 Å². The average Bonchev–Trinajstić information content (AvgIpc) is 3.21. The zero-order valence-corrected chi connectivity index (χ0v) is 14.0. The molecular formula is C17H17F3N6. The molecular weight excluding hydrogens is 345 g/mol. The van der Waals surface area contributed by atoms with E-state index < -0.39 is 11.9 Å². The van der Waals surface area contributed by atoms with Crippen LogP contribution in [0.1, 0.15) is 23.7 Å². The van der Waals surface area contributed by atoms with Gasteiger partial charge in [0.15, 0.2) is 5.69 Å². The number of likely N-dealkylation sites (N-methyl/N-ethyl adjacent to an activating group) is 1. The molecule has 1 aromatic carbocycles. The van der Waals surface area contributed by atoms with Gasteiger partial charge in [-0.2, -0.15) is 27.8 Å². The van der Waals surface area contributed by atoms with E-state index in [-0.39, 0.29) is 23.7 Å². The topological polar surface area (TPSA) is 58.3 Å². The molecule has 1 fully saturated rings. The van der Waals surface area contributed by atoms with Gasteiger partial charge < -0.3 is 5.32 Å². The molecule has 1 aliphatic rings. The summed E-state index contributed by atoms with van der Waals surface area (Å²) in [6.07, 6.45) is -2.55. The fourth-order valence-corrected chi connectivity index (χ4v) is 3.49. The molecule has 0 amide bonds. The molecule has 0 radical (unpaired) electrons. The van der Waals surface area contributed by atoms with Crippen molar-refractivity contribution in [1.82, 2.24) is 24.5 Å². The lowest BCUT2D eigenvalue weighted by Gasteiger charge is -2.27. The second-order valence-electron chi connectivity index (χ2n) is 6.37. The Bertz CT molecular complexity index is 908. The number of anilines is 1. The summed E-state index contributed by atoms with van der Waals surface area (Å²) in [5.41, 5.74) is 0.132. The largest absolute Gasteiger partial charge is 0.433 e. The minimum atomic E-state index is -4.55. The third-order valence-electron chi connectivity index (χ3n) is 4.67. The number of alkyl halides is 3. The maximum Gasteiger partial charge on any atom is 0.433 e. The van der Waals surface area contributed by atoms with Crippen LogP contribution in [0.15, 0.2) is 42.7 Å². The summed E-state index contributed by atoms with van der Waals surface area (Å²) in [5, 5.41) is 7.24. The van der Waals surface area contributed by atoms with Crippen LogP contribution in [-0.4, -0.2) is 44.1 Å². The van der Waals surface area contributed by atoms with Crippen molar-refractivity contribution < 1.29 is 13.2 Å². The summed E-state index contributed by atoms with van der Waals surface area (Å²) in [4.78, 5) is 9.55. The predicted molar refractivity (Wildman–Crippen MR) is 89.6 cm³/mol. The Morgan fingerprint density at radius 2 is 1.96 bits per heavy atom. The molecule has 1 aliphatic heterocycles. The molecule has 9 heteroatoms. The van der Waals surface area contributed by atoms with Crippen LogP contribution in [0, 0.1) is 0 Å². The van der Waals surface area contributed by atoms with Gasteiger partial charge in [-0.3, -0.25) is 4.90 Å². The first-order valence-electron chi connectivity index (χ1n) is 8.23. The first kappa shape index (κ1) is 16.8. The van der Waals surface area contributed by atoms with E-state index in [2.05, 4.69) is 25.3 Å². The number of aromatic nitrogens is 4. The van der Waals surface area contributed by atoms with Crippen molar-refractivity contribution in [1.29, 1.82) is 0 Å². The smallest absolute Gasteiger partial charge is 0.365 e. The predicted octanol–water partition coefficient (Wildman–Crippen LogP) is 3.00. The third kappa shape index (κ3) is 2.98. The highest BCUT2D eigenvalue weighted by molar-refractivity contribution is 5.47. The normalized spacial score (nSPS) is 21.4. The van der Waals surface area contributed by atoms with E-state index in [9.17, 15) is 13.2 Å². The van der Waals surface area contributed by atoms with E-state index in [1.165, 1.54) is 10.8 Å². The number of rotatable bonds is 3. The molecule has 2 unspecified atom stereocenters. The summed E-state index contributed by atoms with van der Waals surface area (Å²) >= 11 is 0. The zero-order chi connectivity index (χ0) is 18.3. The Hall–Kier alpha value is -2.68. The first-order chi connectivity index (χ1) is 12.4. The number of benzene rings is 1. The van der Waals surface area contributed by atoms with Gasteiger partial charge >= 0.3 is 6.18 Å².